The molecule has 0 fully saturated rings. The number of rotatable bonds is 5. The Kier molecular flexibility index (Phi) is 3.97. The number of hydrogen-bond acceptors (Lipinski definition) is 5. The molecule has 1 aromatic heterocycles. The topological polar surface area (TPSA) is 68.7 Å². The van der Waals surface area contributed by atoms with E-state index >= 15 is 0 Å². The summed E-state index contributed by atoms with van der Waals surface area (Å²) in [6.07, 6.45) is 2.20. The van der Waals surface area contributed by atoms with Crippen LogP contribution in [0.25, 0.3) is 0 Å². The minimum atomic E-state index is -0.318. The van der Waals surface area contributed by atoms with Crippen LogP contribution in [0.2, 0.25) is 0 Å². The van der Waals surface area contributed by atoms with Crippen molar-refractivity contribution in [1.82, 2.24) is 9.88 Å². The molecule has 0 radical (unpaired) electrons. The number of ether oxygens (including phenoxy) is 2. The van der Waals surface area contributed by atoms with E-state index in [0.717, 1.165) is 5.69 Å². The predicted molar refractivity (Wildman–Crippen MR) is 82.9 cm³/mol. The fraction of sp³-hybridized carbons (Fsp3) is 0.235. The molecule has 0 unspecified atom stereocenters. The average molecular weight is 312 g/mol. The molecule has 2 aromatic rings. The van der Waals surface area contributed by atoms with E-state index < -0.39 is 0 Å². The van der Waals surface area contributed by atoms with E-state index in [9.17, 15) is 9.59 Å². The highest BCUT2D eigenvalue weighted by molar-refractivity contribution is 6.21. The number of aromatic nitrogens is 1. The molecule has 0 spiro atoms. The van der Waals surface area contributed by atoms with Crippen LogP contribution in [0, 0.1) is 0 Å². The summed E-state index contributed by atoms with van der Waals surface area (Å²) in [5.74, 6) is 0.224. The minimum Gasteiger partial charge on any atom is -0.493 e. The molecule has 1 aromatic carbocycles. The molecule has 0 aliphatic carbocycles. The highest BCUT2D eigenvalue weighted by Gasteiger charge is 2.36. The van der Waals surface area contributed by atoms with Gasteiger partial charge in [-0.2, -0.15) is 0 Å². The molecule has 1 aliphatic rings. The zero-order valence-corrected chi connectivity index (χ0v) is 12.9. The van der Waals surface area contributed by atoms with Crippen LogP contribution in [0.1, 0.15) is 26.4 Å². The molecule has 2 amide bonds. The molecule has 118 valence electrons. The summed E-state index contributed by atoms with van der Waals surface area (Å²) in [7, 11) is 2.98. The molecule has 6 heteroatoms. The maximum Gasteiger partial charge on any atom is 0.261 e. The van der Waals surface area contributed by atoms with Crippen LogP contribution in [0.5, 0.6) is 11.5 Å². The molecule has 0 atom stereocenters. The van der Waals surface area contributed by atoms with Crippen molar-refractivity contribution in [2.45, 2.75) is 6.42 Å². The number of benzene rings is 1. The number of methoxy groups -OCH3 is 2. The predicted octanol–water partition coefficient (Wildman–Crippen LogP) is 1.94. The van der Waals surface area contributed by atoms with Gasteiger partial charge in [0.1, 0.15) is 0 Å². The number of hydrogen-bond donors (Lipinski definition) is 0. The molecule has 6 nitrogen and oxygen atoms in total. The van der Waals surface area contributed by atoms with Crippen molar-refractivity contribution in [3.63, 3.8) is 0 Å². The van der Waals surface area contributed by atoms with Gasteiger partial charge in [0.25, 0.3) is 11.8 Å². The maximum atomic E-state index is 12.5. The van der Waals surface area contributed by atoms with E-state index in [1.807, 2.05) is 18.2 Å². The first kappa shape index (κ1) is 15.0. The molecule has 2 heterocycles. The summed E-state index contributed by atoms with van der Waals surface area (Å²) in [4.78, 5) is 30.4. The van der Waals surface area contributed by atoms with E-state index in [2.05, 4.69) is 4.98 Å². The average Bonchev–Trinajstić information content (AvgIpc) is 2.83. The van der Waals surface area contributed by atoms with E-state index in [1.54, 1.807) is 18.3 Å². The summed E-state index contributed by atoms with van der Waals surface area (Å²) in [6.45, 7) is 0.286. The standard InChI is InChI=1S/C17H16N2O4/c1-22-14-9-12-13(10-15(14)23-2)17(21)19(16(12)20)8-6-11-5-3-4-7-18-11/h3-5,7,9-10H,6,8H2,1-2H3. The van der Waals surface area contributed by atoms with Gasteiger partial charge in [0, 0.05) is 24.9 Å². The van der Waals surface area contributed by atoms with Crippen LogP contribution in [-0.4, -0.2) is 42.5 Å². The van der Waals surface area contributed by atoms with Gasteiger partial charge in [0.15, 0.2) is 11.5 Å². The first-order valence-corrected chi connectivity index (χ1v) is 7.18. The molecule has 3 rings (SSSR count). The van der Waals surface area contributed by atoms with Crippen LogP contribution in [0.3, 0.4) is 0 Å². The number of nitrogens with zero attached hydrogens (tertiary/aromatic N) is 2. The third kappa shape index (κ3) is 2.63. The number of fused-ring (bicyclic) bond motifs is 1. The van der Waals surface area contributed by atoms with Crippen LogP contribution in [0.4, 0.5) is 0 Å². The highest BCUT2D eigenvalue weighted by Crippen LogP contribution is 2.34. The summed E-state index contributed by atoms with van der Waals surface area (Å²) >= 11 is 0. The molecular formula is C17H16N2O4. The number of imide groups is 1. The Hall–Kier alpha value is -2.89. The quantitative estimate of drug-likeness (QED) is 0.789. The van der Waals surface area contributed by atoms with Crippen LogP contribution >= 0.6 is 0 Å². The van der Waals surface area contributed by atoms with Crippen molar-refractivity contribution in [2.75, 3.05) is 20.8 Å². The van der Waals surface area contributed by atoms with E-state index in [4.69, 9.17) is 9.47 Å². The summed E-state index contributed by atoms with van der Waals surface area (Å²) in [5.41, 5.74) is 1.52. The van der Waals surface area contributed by atoms with Crippen molar-refractivity contribution in [2.24, 2.45) is 0 Å². The van der Waals surface area contributed by atoms with E-state index in [0.29, 0.717) is 29.0 Å². The molecule has 0 saturated carbocycles. The Morgan fingerprint density at radius 1 is 1.00 bits per heavy atom. The Bertz CT molecular complexity index is 716. The Balaban J connectivity index is 1.85. The van der Waals surface area contributed by atoms with Crippen molar-refractivity contribution in [1.29, 1.82) is 0 Å². The SMILES string of the molecule is COc1cc2c(cc1OC)C(=O)N(CCc1ccccn1)C2=O. The van der Waals surface area contributed by atoms with Gasteiger partial charge >= 0.3 is 0 Å². The molecule has 0 saturated heterocycles. The fourth-order valence-electron chi connectivity index (χ4n) is 2.59. The summed E-state index contributed by atoms with van der Waals surface area (Å²) < 4.78 is 10.4. The van der Waals surface area contributed by atoms with Gasteiger partial charge in [-0.1, -0.05) is 6.07 Å². The third-order valence-electron chi connectivity index (χ3n) is 3.79. The lowest BCUT2D eigenvalue weighted by atomic mass is 10.1. The largest absolute Gasteiger partial charge is 0.493 e. The lowest BCUT2D eigenvalue weighted by Crippen LogP contribution is -2.31. The lowest BCUT2D eigenvalue weighted by Gasteiger charge is -2.13. The number of pyridine rings is 1. The Labute approximate surface area is 133 Å². The van der Waals surface area contributed by atoms with E-state index in [-0.39, 0.29) is 18.4 Å². The Morgan fingerprint density at radius 3 is 2.09 bits per heavy atom. The van der Waals surface area contributed by atoms with Crippen molar-refractivity contribution >= 4 is 11.8 Å². The van der Waals surface area contributed by atoms with Gasteiger partial charge in [-0.3, -0.25) is 19.5 Å². The normalized spacial score (nSPS) is 13.2. The molecule has 0 N–H and O–H groups in total. The van der Waals surface area contributed by atoms with Gasteiger partial charge in [-0.05, 0) is 24.3 Å². The molecular weight excluding hydrogens is 296 g/mol. The fourth-order valence-corrected chi connectivity index (χ4v) is 2.59. The summed E-state index contributed by atoms with van der Waals surface area (Å²) in [6, 6.07) is 8.67. The first-order valence-electron chi connectivity index (χ1n) is 7.18. The highest BCUT2D eigenvalue weighted by atomic mass is 16.5. The lowest BCUT2D eigenvalue weighted by molar-refractivity contribution is 0.0655. The number of amides is 2. The van der Waals surface area contributed by atoms with Crippen LogP contribution in [-0.2, 0) is 6.42 Å². The van der Waals surface area contributed by atoms with Crippen molar-refractivity contribution in [3.05, 3.63) is 53.3 Å². The van der Waals surface area contributed by atoms with Gasteiger partial charge < -0.3 is 9.47 Å². The van der Waals surface area contributed by atoms with Crippen LogP contribution < -0.4 is 9.47 Å². The zero-order valence-electron chi connectivity index (χ0n) is 12.9. The first-order chi connectivity index (χ1) is 11.2. The van der Waals surface area contributed by atoms with Crippen molar-refractivity contribution in [3.8, 4) is 11.5 Å². The van der Waals surface area contributed by atoms with Gasteiger partial charge in [0.05, 0.1) is 25.3 Å². The second kappa shape index (κ2) is 6.08. The molecule has 23 heavy (non-hydrogen) atoms. The number of carbonyl (C=O) groups excluding carboxylic acids is 2. The monoisotopic (exact) mass is 312 g/mol. The zero-order chi connectivity index (χ0) is 16.4. The summed E-state index contributed by atoms with van der Waals surface area (Å²) in [5, 5.41) is 0. The Morgan fingerprint density at radius 2 is 1.61 bits per heavy atom. The van der Waals surface area contributed by atoms with Crippen molar-refractivity contribution < 1.29 is 19.1 Å². The maximum absolute atomic E-state index is 12.5. The smallest absolute Gasteiger partial charge is 0.261 e. The van der Waals surface area contributed by atoms with Gasteiger partial charge in [-0.25, -0.2) is 0 Å². The molecule has 0 bridgehead atoms. The minimum absolute atomic E-state index is 0.286. The van der Waals surface area contributed by atoms with Gasteiger partial charge in [0.2, 0.25) is 0 Å². The van der Waals surface area contributed by atoms with E-state index in [1.165, 1.54) is 19.1 Å². The third-order valence-corrected chi connectivity index (χ3v) is 3.79. The van der Waals surface area contributed by atoms with Crippen LogP contribution in [0.15, 0.2) is 36.5 Å². The van der Waals surface area contributed by atoms with Gasteiger partial charge in [-0.15, -0.1) is 0 Å². The second-order valence-corrected chi connectivity index (χ2v) is 5.09. The number of carbonyl (C=O) groups is 2. The second-order valence-electron chi connectivity index (χ2n) is 5.09. The molecule has 1 aliphatic heterocycles.